The zero-order valence-corrected chi connectivity index (χ0v) is 9.78. The number of rotatable bonds is 4. The second-order valence-electron chi connectivity index (χ2n) is 3.78. The molecule has 1 atom stereocenters. The van der Waals surface area contributed by atoms with Crippen LogP contribution < -0.4 is 5.32 Å². The molecule has 1 unspecified atom stereocenters. The number of amides is 1. The normalized spacial score (nSPS) is 12.2. The molecule has 0 aliphatic rings. The maximum atomic E-state index is 11.7. The number of ether oxygens (including phenoxy) is 1. The zero-order valence-electron chi connectivity index (χ0n) is 9.78. The van der Waals surface area contributed by atoms with E-state index < -0.39 is 0 Å². The van der Waals surface area contributed by atoms with Gasteiger partial charge in [0.1, 0.15) is 5.75 Å². The van der Waals surface area contributed by atoms with Gasteiger partial charge >= 0.3 is 0 Å². The van der Waals surface area contributed by atoms with Crippen LogP contribution in [0, 0.1) is 6.92 Å². The van der Waals surface area contributed by atoms with E-state index in [0.29, 0.717) is 12.1 Å². The number of carbonyl (C=O) groups is 1. The number of aryl methyl sites for hydroxylation is 1. The second kappa shape index (κ2) is 5.51. The third-order valence-corrected chi connectivity index (χ3v) is 2.35. The second-order valence-corrected chi connectivity index (χ2v) is 3.78. The maximum absolute atomic E-state index is 11.7. The summed E-state index contributed by atoms with van der Waals surface area (Å²) >= 11 is 0. The molecule has 0 fully saturated rings. The van der Waals surface area contributed by atoms with Crippen LogP contribution in [-0.4, -0.2) is 30.8 Å². The Labute approximate surface area is 95.2 Å². The van der Waals surface area contributed by atoms with Crippen molar-refractivity contribution in [2.24, 2.45) is 0 Å². The van der Waals surface area contributed by atoms with Crippen molar-refractivity contribution < 1.29 is 14.6 Å². The number of hydrogen-bond acceptors (Lipinski definition) is 3. The number of phenolic OH excluding ortho intramolecular Hbond substituents is 1. The van der Waals surface area contributed by atoms with E-state index in [0.717, 1.165) is 5.56 Å². The third kappa shape index (κ3) is 3.24. The third-order valence-electron chi connectivity index (χ3n) is 2.35. The highest BCUT2D eigenvalue weighted by Crippen LogP contribution is 2.17. The van der Waals surface area contributed by atoms with Gasteiger partial charge in [0.05, 0.1) is 11.7 Å². The van der Waals surface area contributed by atoms with Crippen LogP contribution in [-0.2, 0) is 4.74 Å². The van der Waals surface area contributed by atoms with Gasteiger partial charge in [0.25, 0.3) is 5.91 Å². The van der Waals surface area contributed by atoms with Crippen LogP contribution >= 0.6 is 0 Å². The Morgan fingerprint density at radius 3 is 2.88 bits per heavy atom. The first-order valence-electron chi connectivity index (χ1n) is 5.15. The Hall–Kier alpha value is -1.55. The van der Waals surface area contributed by atoms with Crippen molar-refractivity contribution in [1.29, 1.82) is 0 Å². The molecule has 0 spiro atoms. The number of nitrogens with one attached hydrogen (secondary N) is 1. The summed E-state index contributed by atoms with van der Waals surface area (Å²) in [7, 11) is 1.58. The molecule has 4 nitrogen and oxygen atoms in total. The fourth-order valence-electron chi connectivity index (χ4n) is 1.25. The molecule has 1 aromatic carbocycles. The number of phenols is 1. The van der Waals surface area contributed by atoms with Crippen molar-refractivity contribution in [3.8, 4) is 5.75 Å². The zero-order chi connectivity index (χ0) is 12.1. The molecule has 0 aromatic heterocycles. The molecule has 0 aliphatic carbocycles. The molecule has 0 aliphatic heterocycles. The molecule has 16 heavy (non-hydrogen) atoms. The lowest BCUT2D eigenvalue weighted by atomic mass is 10.1. The first-order chi connectivity index (χ1) is 7.54. The van der Waals surface area contributed by atoms with E-state index in [4.69, 9.17) is 4.74 Å². The largest absolute Gasteiger partial charge is 0.507 e. The van der Waals surface area contributed by atoms with Crippen molar-refractivity contribution in [2.45, 2.75) is 20.0 Å². The minimum Gasteiger partial charge on any atom is -0.507 e. The van der Waals surface area contributed by atoms with Crippen LogP contribution in [0.5, 0.6) is 5.75 Å². The predicted molar refractivity (Wildman–Crippen MR) is 61.6 cm³/mol. The fraction of sp³-hybridized carbons (Fsp3) is 0.417. The smallest absolute Gasteiger partial charge is 0.255 e. The van der Waals surface area contributed by atoms with Gasteiger partial charge in [-0.05, 0) is 26.0 Å². The van der Waals surface area contributed by atoms with Crippen LogP contribution in [0.3, 0.4) is 0 Å². The highest BCUT2D eigenvalue weighted by molar-refractivity contribution is 5.96. The van der Waals surface area contributed by atoms with E-state index in [-0.39, 0.29) is 17.8 Å². The van der Waals surface area contributed by atoms with E-state index in [1.165, 1.54) is 6.07 Å². The summed E-state index contributed by atoms with van der Waals surface area (Å²) in [6, 6.07) is 4.93. The number of hydrogen-bond donors (Lipinski definition) is 2. The van der Waals surface area contributed by atoms with Crippen molar-refractivity contribution in [3.63, 3.8) is 0 Å². The minimum atomic E-state index is -0.287. The number of methoxy groups -OCH3 is 1. The maximum Gasteiger partial charge on any atom is 0.255 e. The standard InChI is InChI=1S/C12H17NO3/c1-8-4-5-11(14)10(6-8)12(15)13-7-9(2)16-3/h4-6,9,14H,7H2,1-3H3,(H,13,15). The number of aromatic hydroxyl groups is 1. The quantitative estimate of drug-likeness (QED) is 0.812. The Balaban J connectivity index is 2.69. The highest BCUT2D eigenvalue weighted by Gasteiger charge is 2.11. The average Bonchev–Trinajstić information content (AvgIpc) is 2.28. The molecule has 0 heterocycles. The van der Waals surface area contributed by atoms with Crippen LogP contribution in [0.1, 0.15) is 22.8 Å². The molecule has 1 amide bonds. The van der Waals surface area contributed by atoms with Crippen LogP contribution in [0.25, 0.3) is 0 Å². The molecular formula is C12H17NO3. The fourth-order valence-corrected chi connectivity index (χ4v) is 1.25. The van der Waals surface area contributed by atoms with Gasteiger partial charge in [0.15, 0.2) is 0 Å². The summed E-state index contributed by atoms with van der Waals surface area (Å²) in [6.07, 6.45) is -0.0455. The molecule has 4 heteroatoms. The molecule has 1 rings (SSSR count). The van der Waals surface area contributed by atoms with Crippen LogP contribution in [0.15, 0.2) is 18.2 Å². The van der Waals surface area contributed by atoms with Gasteiger partial charge in [-0.25, -0.2) is 0 Å². The number of carbonyl (C=O) groups excluding carboxylic acids is 1. The van der Waals surface area contributed by atoms with Crippen molar-refractivity contribution in [3.05, 3.63) is 29.3 Å². The molecule has 0 bridgehead atoms. The summed E-state index contributed by atoms with van der Waals surface area (Å²) in [6.45, 7) is 4.15. The first kappa shape index (κ1) is 12.5. The molecule has 88 valence electrons. The van der Waals surface area contributed by atoms with Crippen LogP contribution in [0.4, 0.5) is 0 Å². The van der Waals surface area contributed by atoms with Gasteiger partial charge in [-0.2, -0.15) is 0 Å². The first-order valence-corrected chi connectivity index (χ1v) is 5.15. The average molecular weight is 223 g/mol. The van der Waals surface area contributed by atoms with E-state index in [2.05, 4.69) is 5.32 Å². The summed E-state index contributed by atoms with van der Waals surface area (Å²) in [5, 5.41) is 12.2. The van der Waals surface area contributed by atoms with Gasteiger partial charge in [-0.3, -0.25) is 4.79 Å². The molecule has 0 saturated heterocycles. The molecular weight excluding hydrogens is 206 g/mol. The molecule has 0 saturated carbocycles. The van der Waals surface area contributed by atoms with Gasteiger partial charge < -0.3 is 15.2 Å². The summed E-state index contributed by atoms with van der Waals surface area (Å²) in [5.41, 5.74) is 1.23. The monoisotopic (exact) mass is 223 g/mol. The van der Waals surface area contributed by atoms with Crippen molar-refractivity contribution in [2.75, 3.05) is 13.7 Å². The lowest BCUT2D eigenvalue weighted by Gasteiger charge is -2.11. The van der Waals surface area contributed by atoms with Gasteiger partial charge in [0.2, 0.25) is 0 Å². The molecule has 1 aromatic rings. The Kier molecular flexibility index (Phi) is 4.31. The Morgan fingerprint density at radius 2 is 2.25 bits per heavy atom. The Morgan fingerprint density at radius 1 is 1.56 bits per heavy atom. The lowest BCUT2D eigenvalue weighted by molar-refractivity contribution is 0.0868. The van der Waals surface area contributed by atoms with Gasteiger partial charge in [-0.15, -0.1) is 0 Å². The van der Waals surface area contributed by atoms with Gasteiger partial charge in [-0.1, -0.05) is 11.6 Å². The highest BCUT2D eigenvalue weighted by atomic mass is 16.5. The van der Waals surface area contributed by atoms with E-state index in [1.54, 1.807) is 19.2 Å². The van der Waals surface area contributed by atoms with E-state index >= 15 is 0 Å². The summed E-state index contributed by atoms with van der Waals surface area (Å²) in [5.74, 6) is -0.293. The summed E-state index contributed by atoms with van der Waals surface area (Å²) in [4.78, 5) is 11.7. The number of benzene rings is 1. The topological polar surface area (TPSA) is 58.6 Å². The van der Waals surface area contributed by atoms with Crippen LogP contribution in [0.2, 0.25) is 0 Å². The molecule has 0 radical (unpaired) electrons. The SMILES string of the molecule is COC(C)CNC(=O)c1cc(C)ccc1O. The molecule has 2 N–H and O–H groups in total. The van der Waals surface area contributed by atoms with Crippen molar-refractivity contribution in [1.82, 2.24) is 5.32 Å². The predicted octanol–water partition coefficient (Wildman–Crippen LogP) is 1.47. The minimum absolute atomic E-state index is 0.00632. The lowest BCUT2D eigenvalue weighted by Crippen LogP contribution is -2.31. The summed E-state index contributed by atoms with van der Waals surface area (Å²) < 4.78 is 5.01. The van der Waals surface area contributed by atoms with Gasteiger partial charge in [0, 0.05) is 13.7 Å². The Bertz CT molecular complexity index is 377. The van der Waals surface area contributed by atoms with Crippen molar-refractivity contribution >= 4 is 5.91 Å². The van der Waals surface area contributed by atoms with E-state index in [9.17, 15) is 9.90 Å². The van der Waals surface area contributed by atoms with E-state index in [1.807, 2.05) is 13.8 Å².